The maximum absolute atomic E-state index is 6.77. The predicted molar refractivity (Wildman–Crippen MR) is 193 cm³/mol. The second-order valence-electron chi connectivity index (χ2n) is 12.2. The van der Waals surface area contributed by atoms with Crippen molar-refractivity contribution in [1.82, 2.24) is 9.13 Å². The number of fused-ring (bicyclic) bond motifs is 9. The van der Waals surface area contributed by atoms with Gasteiger partial charge in [-0.1, -0.05) is 97.1 Å². The van der Waals surface area contributed by atoms with Gasteiger partial charge in [-0.2, -0.15) is 0 Å². The largest absolute Gasteiger partial charge is 0.455 e. The summed E-state index contributed by atoms with van der Waals surface area (Å²) in [5.74, 6) is 0. The van der Waals surface area contributed by atoms with Gasteiger partial charge in [0.15, 0.2) is 0 Å². The number of furan rings is 1. The lowest BCUT2D eigenvalue weighted by molar-refractivity contribution is 0.670. The summed E-state index contributed by atoms with van der Waals surface area (Å²) in [6.07, 6.45) is 0. The molecule has 0 fully saturated rings. The van der Waals surface area contributed by atoms with Crippen molar-refractivity contribution in [1.29, 1.82) is 0 Å². The van der Waals surface area contributed by atoms with E-state index in [-0.39, 0.29) is 0 Å². The molecular formula is C43H28N2O. The maximum atomic E-state index is 6.77. The van der Waals surface area contributed by atoms with Gasteiger partial charge in [0.1, 0.15) is 11.2 Å². The summed E-state index contributed by atoms with van der Waals surface area (Å²) in [5.41, 5.74) is 12.3. The van der Waals surface area contributed by atoms with E-state index in [1.165, 1.54) is 54.7 Å². The molecule has 0 saturated heterocycles. The van der Waals surface area contributed by atoms with Crippen molar-refractivity contribution in [3.63, 3.8) is 0 Å². The lowest BCUT2D eigenvalue weighted by Gasteiger charge is -2.13. The zero-order chi connectivity index (χ0) is 30.4. The molecule has 3 heteroatoms. The van der Waals surface area contributed by atoms with E-state index in [1.54, 1.807) is 0 Å². The van der Waals surface area contributed by atoms with E-state index in [1.807, 2.05) is 0 Å². The monoisotopic (exact) mass is 588 g/mol. The molecule has 3 heterocycles. The summed E-state index contributed by atoms with van der Waals surface area (Å²) < 4.78 is 11.6. The fourth-order valence-corrected chi connectivity index (χ4v) is 7.60. The molecule has 10 aromatic rings. The highest BCUT2D eigenvalue weighted by Gasteiger charge is 2.20. The number of aryl methyl sites for hydroxylation is 1. The Morgan fingerprint density at radius 3 is 1.43 bits per heavy atom. The van der Waals surface area contributed by atoms with Crippen molar-refractivity contribution in [3.8, 4) is 22.5 Å². The summed E-state index contributed by atoms with van der Waals surface area (Å²) in [7, 11) is 0. The Morgan fingerprint density at radius 1 is 0.391 bits per heavy atom. The Hall–Kier alpha value is -6.06. The molecule has 3 nitrogen and oxygen atoms in total. The van der Waals surface area contributed by atoms with Crippen LogP contribution in [-0.2, 0) is 0 Å². The highest BCUT2D eigenvalue weighted by atomic mass is 16.3. The van der Waals surface area contributed by atoms with E-state index in [0.717, 1.165) is 38.9 Å². The van der Waals surface area contributed by atoms with E-state index >= 15 is 0 Å². The van der Waals surface area contributed by atoms with Crippen molar-refractivity contribution in [2.75, 3.05) is 0 Å². The van der Waals surface area contributed by atoms with Crippen LogP contribution >= 0.6 is 0 Å². The summed E-state index contributed by atoms with van der Waals surface area (Å²) in [6.45, 7) is 2.18. The number of aromatic nitrogens is 2. The Bertz CT molecular complexity index is 2720. The average molecular weight is 589 g/mol. The quantitative estimate of drug-likeness (QED) is 0.201. The number of hydrogen-bond acceptors (Lipinski definition) is 1. The zero-order valence-electron chi connectivity index (χ0n) is 25.2. The van der Waals surface area contributed by atoms with Crippen LogP contribution in [0.2, 0.25) is 0 Å². The van der Waals surface area contributed by atoms with Crippen LogP contribution in [0.25, 0.3) is 88.1 Å². The molecule has 0 bridgehead atoms. The smallest absolute Gasteiger partial charge is 0.143 e. The molecule has 0 N–H and O–H groups in total. The second kappa shape index (κ2) is 9.47. The van der Waals surface area contributed by atoms with Gasteiger partial charge in [0.05, 0.1) is 22.1 Å². The first-order valence-electron chi connectivity index (χ1n) is 15.8. The molecule has 216 valence electrons. The number of benzene rings is 7. The lowest BCUT2D eigenvalue weighted by Crippen LogP contribution is -1.95. The number of rotatable bonds is 3. The predicted octanol–water partition coefficient (Wildman–Crippen LogP) is 11.8. The van der Waals surface area contributed by atoms with Gasteiger partial charge in [0.25, 0.3) is 0 Å². The molecule has 0 atom stereocenters. The normalized spacial score (nSPS) is 12.0. The molecule has 3 aromatic heterocycles. The Kier molecular flexibility index (Phi) is 5.20. The first-order valence-corrected chi connectivity index (χ1v) is 15.8. The SMILES string of the molecule is Cc1ccccc1-c1cc(-n2c3ccccc3c3ccccc32)cc2c1oc1ccc(-n3c4ccccc4c4ccccc43)cc12. The van der Waals surface area contributed by atoms with Crippen LogP contribution in [0.3, 0.4) is 0 Å². The topological polar surface area (TPSA) is 23.0 Å². The van der Waals surface area contributed by atoms with Crippen molar-refractivity contribution >= 4 is 65.6 Å². The van der Waals surface area contributed by atoms with E-state index in [4.69, 9.17) is 4.42 Å². The Balaban J connectivity index is 1.32. The minimum Gasteiger partial charge on any atom is -0.455 e. The lowest BCUT2D eigenvalue weighted by atomic mass is 9.97. The zero-order valence-corrected chi connectivity index (χ0v) is 25.2. The summed E-state index contributed by atoms with van der Waals surface area (Å²) >= 11 is 0. The maximum Gasteiger partial charge on any atom is 0.143 e. The molecule has 0 radical (unpaired) electrons. The van der Waals surface area contributed by atoms with Crippen LogP contribution in [-0.4, -0.2) is 9.13 Å². The summed E-state index contributed by atoms with van der Waals surface area (Å²) in [5, 5.41) is 7.22. The molecule has 0 aliphatic carbocycles. The van der Waals surface area contributed by atoms with Crippen molar-refractivity contribution in [3.05, 3.63) is 157 Å². The summed E-state index contributed by atoms with van der Waals surface area (Å²) in [6, 6.07) is 54.6. The van der Waals surface area contributed by atoms with E-state index in [2.05, 4.69) is 168 Å². The molecule has 0 unspecified atom stereocenters. The van der Waals surface area contributed by atoms with Crippen LogP contribution < -0.4 is 0 Å². The number of para-hydroxylation sites is 4. The Morgan fingerprint density at radius 2 is 0.870 bits per heavy atom. The molecule has 10 rings (SSSR count). The van der Waals surface area contributed by atoms with Gasteiger partial charge in [-0.15, -0.1) is 0 Å². The summed E-state index contributed by atoms with van der Waals surface area (Å²) in [4.78, 5) is 0. The van der Waals surface area contributed by atoms with Gasteiger partial charge in [-0.05, 0) is 72.6 Å². The molecule has 0 amide bonds. The average Bonchev–Trinajstić information content (AvgIpc) is 3.76. The third kappa shape index (κ3) is 3.48. The minimum atomic E-state index is 0.883. The molecular weight excluding hydrogens is 560 g/mol. The first kappa shape index (κ1) is 25.3. The number of nitrogens with zero attached hydrogens (tertiary/aromatic N) is 2. The van der Waals surface area contributed by atoms with E-state index < -0.39 is 0 Å². The van der Waals surface area contributed by atoms with Crippen LogP contribution in [0.4, 0.5) is 0 Å². The van der Waals surface area contributed by atoms with Gasteiger partial charge < -0.3 is 13.6 Å². The molecule has 0 aliphatic rings. The van der Waals surface area contributed by atoms with Crippen LogP contribution in [0.1, 0.15) is 5.56 Å². The third-order valence-corrected chi connectivity index (χ3v) is 9.65. The van der Waals surface area contributed by atoms with Gasteiger partial charge in [0.2, 0.25) is 0 Å². The van der Waals surface area contributed by atoms with Gasteiger partial charge in [-0.3, -0.25) is 0 Å². The van der Waals surface area contributed by atoms with Crippen molar-refractivity contribution < 1.29 is 4.42 Å². The molecule has 46 heavy (non-hydrogen) atoms. The fourth-order valence-electron chi connectivity index (χ4n) is 7.60. The second-order valence-corrected chi connectivity index (χ2v) is 12.2. The van der Waals surface area contributed by atoms with Crippen LogP contribution in [0.15, 0.2) is 156 Å². The van der Waals surface area contributed by atoms with Crippen LogP contribution in [0.5, 0.6) is 0 Å². The van der Waals surface area contributed by atoms with Crippen LogP contribution in [0, 0.1) is 6.92 Å². The van der Waals surface area contributed by atoms with Gasteiger partial charge >= 0.3 is 0 Å². The van der Waals surface area contributed by atoms with E-state index in [9.17, 15) is 0 Å². The molecule has 0 spiro atoms. The minimum absolute atomic E-state index is 0.883. The van der Waals surface area contributed by atoms with Gasteiger partial charge in [0, 0.05) is 49.3 Å². The molecule has 0 aliphatic heterocycles. The molecule has 0 saturated carbocycles. The fraction of sp³-hybridized carbons (Fsp3) is 0.0233. The highest BCUT2D eigenvalue weighted by Crippen LogP contribution is 2.42. The Labute approximate surface area is 265 Å². The number of hydrogen-bond donors (Lipinski definition) is 0. The third-order valence-electron chi connectivity index (χ3n) is 9.65. The van der Waals surface area contributed by atoms with Crippen molar-refractivity contribution in [2.45, 2.75) is 6.92 Å². The van der Waals surface area contributed by atoms with E-state index in [0.29, 0.717) is 0 Å². The highest BCUT2D eigenvalue weighted by molar-refractivity contribution is 6.14. The molecule has 7 aromatic carbocycles. The van der Waals surface area contributed by atoms with Gasteiger partial charge in [-0.25, -0.2) is 0 Å². The standard InChI is InChI=1S/C43H28N2O/c1-27-12-2-3-13-30(27)36-25-29(45-40-20-10-6-16-33(40)34-17-7-11-21-41(34)45)26-37-35-24-28(22-23-42(35)46-43(36)37)44-38-18-8-4-14-31(38)32-15-5-9-19-39(32)44/h2-26H,1H3. The first-order chi connectivity index (χ1) is 22.7. The van der Waals surface area contributed by atoms with Crippen molar-refractivity contribution in [2.24, 2.45) is 0 Å².